The lowest BCUT2D eigenvalue weighted by Crippen LogP contribution is -2.31. The van der Waals surface area contributed by atoms with Gasteiger partial charge in [0.15, 0.2) is 0 Å². The van der Waals surface area contributed by atoms with Gasteiger partial charge in [-0.3, -0.25) is 4.79 Å². The first-order valence-corrected chi connectivity index (χ1v) is 5.06. The first-order chi connectivity index (χ1) is 7.62. The molecular formula is C12H11FN2O. The Labute approximate surface area is 92.9 Å². The highest BCUT2D eigenvalue weighted by molar-refractivity contribution is 5.91. The molecular weight excluding hydrogens is 207 g/mol. The maximum absolute atomic E-state index is 13.3. The summed E-state index contributed by atoms with van der Waals surface area (Å²) in [7, 11) is 1.56. The van der Waals surface area contributed by atoms with Gasteiger partial charge in [-0.25, -0.2) is 4.39 Å². The summed E-state index contributed by atoms with van der Waals surface area (Å²) in [4.78, 5) is 11.7. The van der Waals surface area contributed by atoms with Crippen molar-refractivity contribution >= 4 is 5.91 Å². The van der Waals surface area contributed by atoms with E-state index in [0.717, 1.165) is 0 Å². The van der Waals surface area contributed by atoms with Crippen molar-refractivity contribution in [3.63, 3.8) is 0 Å². The van der Waals surface area contributed by atoms with Gasteiger partial charge in [0, 0.05) is 7.05 Å². The Morgan fingerprint density at radius 1 is 1.50 bits per heavy atom. The molecule has 0 spiro atoms. The summed E-state index contributed by atoms with van der Waals surface area (Å²) in [5.41, 5.74) is 0.246. The molecule has 0 aliphatic heterocycles. The van der Waals surface area contributed by atoms with Crippen molar-refractivity contribution < 1.29 is 9.18 Å². The topological polar surface area (TPSA) is 52.9 Å². The summed E-state index contributed by atoms with van der Waals surface area (Å²) < 4.78 is 13.3. The number of hydrogen-bond donors (Lipinski definition) is 1. The highest BCUT2D eigenvalue weighted by Gasteiger charge is 2.51. The van der Waals surface area contributed by atoms with E-state index in [9.17, 15) is 9.18 Å². The number of amides is 1. The minimum absolute atomic E-state index is 0.109. The smallest absolute Gasteiger partial charge is 0.230 e. The summed E-state index contributed by atoms with van der Waals surface area (Å²) >= 11 is 0. The summed E-state index contributed by atoms with van der Waals surface area (Å²) in [5.74, 6) is -0.578. The van der Waals surface area contributed by atoms with E-state index < -0.39 is 11.2 Å². The number of hydrogen-bond acceptors (Lipinski definition) is 2. The standard InChI is InChI=1S/C12H11FN2O/c1-15-11(16)12(2-3-12)9-4-8(7-14)5-10(13)6-9/h4-6H,2-3H2,1H3,(H,15,16). The van der Waals surface area contributed by atoms with Crippen LogP contribution in [0.2, 0.25) is 0 Å². The summed E-state index contributed by atoms with van der Waals surface area (Å²) in [5, 5.41) is 11.3. The molecule has 2 rings (SSSR count). The van der Waals surface area contributed by atoms with Crippen molar-refractivity contribution in [2.75, 3.05) is 7.05 Å². The molecule has 1 aromatic rings. The maximum atomic E-state index is 13.3. The Kier molecular flexibility index (Phi) is 2.39. The number of rotatable bonds is 2. The van der Waals surface area contributed by atoms with E-state index in [-0.39, 0.29) is 11.5 Å². The lowest BCUT2D eigenvalue weighted by molar-refractivity contribution is -0.123. The summed E-state index contributed by atoms with van der Waals surface area (Å²) in [6.45, 7) is 0. The molecule has 1 aromatic carbocycles. The fourth-order valence-electron chi connectivity index (χ4n) is 1.94. The molecule has 4 heteroatoms. The zero-order valence-electron chi connectivity index (χ0n) is 8.88. The minimum atomic E-state index is -0.609. The fraction of sp³-hybridized carbons (Fsp3) is 0.333. The second kappa shape index (κ2) is 3.60. The molecule has 0 unspecified atom stereocenters. The SMILES string of the molecule is CNC(=O)C1(c2cc(F)cc(C#N)c2)CC1. The molecule has 1 N–H and O–H groups in total. The fourth-order valence-corrected chi connectivity index (χ4v) is 1.94. The van der Waals surface area contributed by atoms with Gasteiger partial charge in [0.2, 0.25) is 5.91 Å². The number of halogens is 1. The van der Waals surface area contributed by atoms with Crippen LogP contribution in [0.1, 0.15) is 24.0 Å². The van der Waals surface area contributed by atoms with Crippen LogP contribution in [-0.2, 0) is 10.2 Å². The molecule has 1 amide bonds. The van der Waals surface area contributed by atoms with E-state index in [1.54, 1.807) is 13.1 Å². The van der Waals surface area contributed by atoms with Crippen LogP contribution in [0.3, 0.4) is 0 Å². The molecule has 82 valence electrons. The van der Waals surface area contributed by atoms with E-state index in [1.165, 1.54) is 12.1 Å². The van der Waals surface area contributed by atoms with Crippen LogP contribution < -0.4 is 5.32 Å². The van der Waals surface area contributed by atoms with Crippen LogP contribution in [-0.4, -0.2) is 13.0 Å². The average molecular weight is 218 g/mol. The van der Waals surface area contributed by atoms with Gasteiger partial charge in [-0.2, -0.15) is 5.26 Å². The number of benzene rings is 1. The van der Waals surface area contributed by atoms with E-state index in [4.69, 9.17) is 5.26 Å². The normalized spacial score (nSPS) is 16.3. The van der Waals surface area contributed by atoms with E-state index in [2.05, 4.69) is 5.32 Å². The molecule has 16 heavy (non-hydrogen) atoms. The van der Waals surface area contributed by atoms with Crippen LogP contribution in [0, 0.1) is 17.1 Å². The minimum Gasteiger partial charge on any atom is -0.358 e. The van der Waals surface area contributed by atoms with Crippen molar-refractivity contribution in [2.24, 2.45) is 0 Å². The highest BCUT2D eigenvalue weighted by Crippen LogP contribution is 2.48. The zero-order chi connectivity index (χ0) is 11.8. The van der Waals surface area contributed by atoms with Gasteiger partial charge < -0.3 is 5.32 Å². The average Bonchev–Trinajstić information content (AvgIpc) is 3.08. The van der Waals surface area contributed by atoms with Gasteiger partial charge in [0.05, 0.1) is 17.0 Å². The number of nitrogens with one attached hydrogen (secondary N) is 1. The molecule has 1 saturated carbocycles. The molecule has 0 radical (unpaired) electrons. The Morgan fingerprint density at radius 3 is 2.69 bits per heavy atom. The van der Waals surface area contributed by atoms with Crippen molar-refractivity contribution in [3.8, 4) is 6.07 Å². The third-order valence-corrected chi connectivity index (χ3v) is 2.99. The lowest BCUT2D eigenvalue weighted by Gasteiger charge is -2.14. The second-order valence-corrected chi connectivity index (χ2v) is 4.00. The van der Waals surface area contributed by atoms with Crippen LogP contribution in [0.15, 0.2) is 18.2 Å². The lowest BCUT2D eigenvalue weighted by atomic mass is 9.93. The number of carbonyl (C=O) groups is 1. The number of nitrogens with zero attached hydrogens (tertiary/aromatic N) is 1. The van der Waals surface area contributed by atoms with Gasteiger partial charge in [0.25, 0.3) is 0 Å². The predicted molar refractivity (Wildman–Crippen MR) is 56.1 cm³/mol. The summed E-state index contributed by atoms with van der Waals surface area (Å²) in [6.07, 6.45) is 1.42. The molecule has 1 fully saturated rings. The molecule has 3 nitrogen and oxygen atoms in total. The Morgan fingerprint density at radius 2 is 2.19 bits per heavy atom. The summed E-state index contributed by atoms with van der Waals surface area (Å²) in [6, 6.07) is 5.99. The van der Waals surface area contributed by atoms with Gasteiger partial charge in [-0.15, -0.1) is 0 Å². The number of likely N-dealkylation sites (N-methyl/N-ethyl adjacent to an activating group) is 1. The monoisotopic (exact) mass is 218 g/mol. The van der Waals surface area contributed by atoms with Crippen LogP contribution in [0.5, 0.6) is 0 Å². The Balaban J connectivity index is 2.45. The van der Waals surface area contributed by atoms with Crippen molar-refractivity contribution in [1.29, 1.82) is 5.26 Å². The largest absolute Gasteiger partial charge is 0.358 e. The van der Waals surface area contributed by atoms with Crippen molar-refractivity contribution in [2.45, 2.75) is 18.3 Å². The molecule has 0 bridgehead atoms. The van der Waals surface area contributed by atoms with Gasteiger partial charge in [-0.1, -0.05) is 0 Å². The second-order valence-electron chi connectivity index (χ2n) is 4.00. The number of carbonyl (C=O) groups excluding carboxylic acids is 1. The van der Waals surface area contributed by atoms with Gasteiger partial charge in [0.1, 0.15) is 5.82 Å². The predicted octanol–water partition coefficient (Wildman–Crippen LogP) is 1.47. The first kappa shape index (κ1) is 10.6. The van der Waals surface area contributed by atoms with E-state index >= 15 is 0 Å². The maximum Gasteiger partial charge on any atom is 0.230 e. The Bertz CT molecular complexity index is 486. The number of nitriles is 1. The quantitative estimate of drug-likeness (QED) is 0.817. The molecule has 0 atom stereocenters. The molecule has 1 aliphatic carbocycles. The third kappa shape index (κ3) is 1.54. The van der Waals surface area contributed by atoms with E-state index in [1.807, 2.05) is 6.07 Å². The zero-order valence-corrected chi connectivity index (χ0v) is 8.88. The first-order valence-electron chi connectivity index (χ1n) is 5.06. The molecule has 0 saturated heterocycles. The van der Waals surface area contributed by atoms with Crippen LogP contribution in [0.4, 0.5) is 4.39 Å². The van der Waals surface area contributed by atoms with Crippen molar-refractivity contribution in [1.82, 2.24) is 5.32 Å². The third-order valence-electron chi connectivity index (χ3n) is 2.99. The molecule has 0 aromatic heterocycles. The van der Waals surface area contributed by atoms with Gasteiger partial charge in [-0.05, 0) is 36.6 Å². The Hall–Kier alpha value is -1.89. The highest BCUT2D eigenvalue weighted by atomic mass is 19.1. The van der Waals surface area contributed by atoms with Crippen LogP contribution in [0.25, 0.3) is 0 Å². The van der Waals surface area contributed by atoms with Crippen molar-refractivity contribution in [3.05, 3.63) is 35.1 Å². The molecule has 1 aliphatic rings. The van der Waals surface area contributed by atoms with E-state index in [0.29, 0.717) is 18.4 Å². The van der Waals surface area contributed by atoms with Gasteiger partial charge >= 0.3 is 0 Å². The molecule has 0 heterocycles. The van der Waals surface area contributed by atoms with Crippen LogP contribution >= 0.6 is 0 Å².